The lowest BCUT2D eigenvalue weighted by molar-refractivity contribution is -0.122. The molecular formula is C19H21NO5. The van der Waals surface area contributed by atoms with Crippen molar-refractivity contribution < 1.29 is 23.8 Å². The van der Waals surface area contributed by atoms with Gasteiger partial charge >= 0.3 is 5.97 Å². The van der Waals surface area contributed by atoms with E-state index in [0.717, 1.165) is 0 Å². The van der Waals surface area contributed by atoms with Gasteiger partial charge in [-0.05, 0) is 48.9 Å². The highest BCUT2D eigenvalue weighted by Gasteiger charge is 2.19. The minimum atomic E-state index is -0.657. The summed E-state index contributed by atoms with van der Waals surface area (Å²) in [5.74, 6) is 0.536. The summed E-state index contributed by atoms with van der Waals surface area (Å²) < 4.78 is 15.5. The predicted octanol–water partition coefficient (Wildman–Crippen LogP) is 3.28. The number of hydrogen-bond donors (Lipinski definition) is 1. The van der Waals surface area contributed by atoms with Crippen LogP contribution in [0.4, 0.5) is 5.69 Å². The first-order chi connectivity index (χ1) is 12.1. The maximum Gasteiger partial charge on any atom is 0.337 e. The van der Waals surface area contributed by atoms with E-state index in [1.165, 1.54) is 7.11 Å². The highest BCUT2D eigenvalue weighted by molar-refractivity contribution is 5.96. The van der Waals surface area contributed by atoms with Crippen molar-refractivity contribution in [3.8, 4) is 11.5 Å². The number of rotatable bonds is 7. The average Bonchev–Trinajstić information content (AvgIpc) is 2.66. The van der Waals surface area contributed by atoms with Crippen molar-refractivity contribution in [2.24, 2.45) is 0 Å². The lowest BCUT2D eigenvalue weighted by Crippen LogP contribution is -2.32. The van der Waals surface area contributed by atoms with Gasteiger partial charge in [-0.3, -0.25) is 4.79 Å². The number of ether oxygens (including phenoxy) is 3. The van der Waals surface area contributed by atoms with Gasteiger partial charge in [0, 0.05) is 5.69 Å². The van der Waals surface area contributed by atoms with Gasteiger partial charge < -0.3 is 19.5 Å². The first-order valence-corrected chi connectivity index (χ1v) is 7.87. The summed E-state index contributed by atoms with van der Waals surface area (Å²) in [6.07, 6.45) is -0.163. The van der Waals surface area contributed by atoms with Crippen LogP contribution in [0.1, 0.15) is 23.7 Å². The quantitative estimate of drug-likeness (QED) is 0.781. The zero-order valence-electron chi connectivity index (χ0n) is 14.4. The number of anilines is 1. The van der Waals surface area contributed by atoms with Gasteiger partial charge in [-0.15, -0.1) is 0 Å². The summed E-state index contributed by atoms with van der Waals surface area (Å²) in [5.41, 5.74) is 0.870. The Morgan fingerprint density at radius 3 is 2.32 bits per heavy atom. The topological polar surface area (TPSA) is 73.9 Å². The van der Waals surface area contributed by atoms with Gasteiger partial charge in [0.25, 0.3) is 5.91 Å². The molecule has 0 aliphatic carbocycles. The molecule has 6 heteroatoms. The summed E-state index contributed by atoms with van der Waals surface area (Å²) in [6.45, 7) is 1.86. The molecule has 1 N–H and O–H groups in total. The highest BCUT2D eigenvalue weighted by Crippen LogP contribution is 2.20. The van der Waals surface area contributed by atoms with Gasteiger partial charge in [0.05, 0.1) is 19.8 Å². The van der Waals surface area contributed by atoms with Crippen LogP contribution in [0.3, 0.4) is 0 Å². The number of carbonyl (C=O) groups is 2. The molecular weight excluding hydrogens is 322 g/mol. The third-order valence-electron chi connectivity index (χ3n) is 3.55. The summed E-state index contributed by atoms with van der Waals surface area (Å²) in [6, 6.07) is 13.6. The molecule has 132 valence electrons. The monoisotopic (exact) mass is 343 g/mol. The van der Waals surface area contributed by atoms with E-state index in [4.69, 9.17) is 9.47 Å². The summed E-state index contributed by atoms with van der Waals surface area (Å²) in [4.78, 5) is 24.0. The van der Waals surface area contributed by atoms with E-state index in [9.17, 15) is 9.59 Å². The fourth-order valence-electron chi connectivity index (χ4n) is 2.21. The third kappa shape index (κ3) is 4.97. The normalized spacial score (nSPS) is 11.3. The Morgan fingerprint density at radius 2 is 1.72 bits per heavy atom. The molecule has 0 spiro atoms. The van der Waals surface area contributed by atoms with Crippen molar-refractivity contribution in [2.75, 3.05) is 19.5 Å². The van der Waals surface area contributed by atoms with E-state index >= 15 is 0 Å². The number of carbonyl (C=O) groups excluding carboxylic acids is 2. The SMILES string of the molecule is CC[C@@H](Oc1ccc(OC)cc1)C(=O)Nc1cccc(C(=O)OC)c1. The fraction of sp³-hybridized carbons (Fsp3) is 0.263. The van der Waals surface area contributed by atoms with E-state index in [0.29, 0.717) is 29.2 Å². The van der Waals surface area contributed by atoms with Gasteiger partial charge in [0.15, 0.2) is 6.10 Å². The fourth-order valence-corrected chi connectivity index (χ4v) is 2.21. The molecule has 0 aliphatic rings. The van der Waals surface area contributed by atoms with Crippen LogP contribution in [0.2, 0.25) is 0 Å². The van der Waals surface area contributed by atoms with Gasteiger partial charge in [-0.25, -0.2) is 4.79 Å². The lowest BCUT2D eigenvalue weighted by atomic mass is 10.2. The smallest absolute Gasteiger partial charge is 0.337 e. The summed E-state index contributed by atoms with van der Waals surface area (Å²) >= 11 is 0. The standard InChI is InChI=1S/C19H21NO5/c1-4-17(25-16-10-8-15(23-2)9-11-16)18(21)20-14-7-5-6-13(12-14)19(22)24-3/h5-12,17H,4H2,1-3H3,(H,20,21)/t17-/m1/s1. The van der Waals surface area contributed by atoms with Crippen LogP contribution in [0.5, 0.6) is 11.5 Å². The predicted molar refractivity (Wildman–Crippen MR) is 94.1 cm³/mol. The molecule has 25 heavy (non-hydrogen) atoms. The molecule has 0 radical (unpaired) electrons. The number of esters is 1. The van der Waals surface area contributed by atoms with Crippen LogP contribution in [-0.4, -0.2) is 32.2 Å². The number of methoxy groups -OCH3 is 2. The first kappa shape index (κ1) is 18.3. The molecule has 0 fully saturated rings. The zero-order chi connectivity index (χ0) is 18.2. The van der Waals surface area contributed by atoms with Gasteiger partial charge in [-0.2, -0.15) is 0 Å². The van der Waals surface area contributed by atoms with Crippen molar-refractivity contribution in [1.82, 2.24) is 0 Å². The van der Waals surface area contributed by atoms with E-state index < -0.39 is 12.1 Å². The minimum absolute atomic E-state index is 0.291. The molecule has 1 amide bonds. The van der Waals surface area contributed by atoms with Crippen molar-refractivity contribution >= 4 is 17.6 Å². The molecule has 0 heterocycles. The van der Waals surface area contributed by atoms with Crippen LogP contribution in [0, 0.1) is 0 Å². The van der Waals surface area contributed by atoms with Crippen LogP contribution >= 0.6 is 0 Å². The molecule has 0 saturated heterocycles. The Balaban J connectivity index is 2.05. The first-order valence-electron chi connectivity index (χ1n) is 7.87. The molecule has 6 nitrogen and oxygen atoms in total. The summed E-state index contributed by atoms with van der Waals surface area (Å²) in [5, 5.41) is 2.76. The molecule has 1 atom stereocenters. The molecule has 0 unspecified atom stereocenters. The van der Waals surface area contributed by atoms with Crippen molar-refractivity contribution in [3.63, 3.8) is 0 Å². The third-order valence-corrected chi connectivity index (χ3v) is 3.55. The molecule has 0 bridgehead atoms. The number of amides is 1. The van der Waals surface area contributed by atoms with Gasteiger partial charge in [-0.1, -0.05) is 13.0 Å². The molecule has 0 aliphatic heterocycles. The van der Waals surface area contributed by atoms with Gasteiger partial charge in [0.1, 0.15) is 11.5 Å². The van der Waals surface area contributed by atoms with Crippen LogP contribution < -0.4 is 14.8 Å². The second-order valence-corrected chi connectivity index (χ2v) is 5.25. The molecule has 2 aromatic carbocycles. The second-order valence-electron chi connectivity index (χ2n) is 5.25. The maximum atomic E-state index is 12.4. The Morgan fingerprint density at radius 1 is 1.04 bits per heavy atom. The van der Waals surface area contributed by atoms with E-state index in [1.54, 1.807) is 55.6 Å². The number of hydrogen-bond acceptors (Lipinski definition) is 5. The number of nitrogens with one attached hydrogen (secondary N) is 1. The Kier molecular flexibility index (Phi) is 6.39. The zero-order valence-corrected chi connectivity index (χ0v) is 14.4. The van der Waals surface area contributed by atoms with Crippen LogP contribution in [0.15, 0.2) is 48.5 Å². The molecule has 2 rings (SSSR count). The van der Waals surface area contributed by atoms with E-state index in [2.05, 4.69) is 10.1 Å². The van der Waals surface area contributed by atoms with Crippen molar-refractivity contribution in [2.45, 2.75) is 19.4 Å². The van der Waals surface area contributed by atoms with Gasteiger partial charge in [0.2, 0.25) is 0 Å². The average molecular weight is 343 g/mol. The molecule has 0 saturated carbocycles. The maximum absolute atomic E-state index is 12.4. The lowest BCUT2D eigenvalue weighted by Gasteiger charge is -2.17. The molecule has 2 aromatic rings. The second kappa shape index (κ2) is 8.73. The Bertz CT molecular complexity index is 727. The Labute approximate surface area is 146 Å². The van der Waals surface area contributed by atoms with Crippen molar-refractivity contribution in [1.29, 1.82) is 0 Å². The Hall–Kier alpha value is -3.02. The summed E-state index contributed by atoms with van der Waals surface area (Å²) in [7, 11) is 2.89. The van der Waals surface area contributed by atoms with Crippen LogP contribution in [-0.2, 0) is 9.53 Å². The van der Waals surface area contributed by atoms with Crippen LogP contribution in [0.25, 0.3) is 0 Å². The van der Waals surface area contributed by atoms with Crippen molar-refractivity contribution in [3.05, 3.63) is 54.1 Å². The largest absolute Gasteiger partial charge is 0.497 e. The minimum Gasteiger partial charge on any atom is -0.497 e. The number of benzene rings is 2. The highest BCUT2D eigenvalue weighted by atomic mass is 16.5. The van der Waals surface area contributed by atoms with E-state index in [1.807, 2.05) is 6.92 Å². The molecule has 0 aromatic heterocycles. The van der Waals surface area contributed by atoms with E-state index in [-0.39, 0.29) is 5.91 Å².